The smallest absolute Gasteiger partial charge is 0.422 e. The van der Waals surface area contributed by atoms with Crippen LogP contribution < -0.4 is 0 Å². The second-order valence-corrected chi connectivity index (χ2v) is 30.7. The summed E-state index contributed by atoms with van der Waals surface area (Å²) in [7, 11) is 0. The van der Waals surface area contributed by atoms with Crippen molar-refractivity contribution in [3.63, 3.8) is 0 Å². The molecule has 6 rings (SSSR count). The van der Waals surface area contributed by atoms with Crippen molar-refractivity contribution in [1.29, 1.82) is 0 Å². The van der Waals surface area contributed by atoms with Gasteiger partial charge in [-0.05, 0) is 52.4 Å². The van der Waals surface area contributed by atoms with Crippen LogP contribution >= 0.6 is 70.6 Å². The van der Waals surface area contributed by atoms with Crippen molar-refractivity contribution < 1.29 is 195 Å². The summed E-state index contributed by atoms with van der Waals surface area (Å²) >= 11 is 9.69. The van der Waals surface area contributed by atoms with E-state index in [1.165, 1.54) is 11.8 Å². The largest absolute Gasteiger partial charge is 0.462 e. The fourth-order valence-electron chi connectivity index (χ4n) is 7.66. The third kappa shape index (κ3) is 55.7. The molecule has 6 saturated heterocycles. The Morgan fingerprint density at radius 3 is 0.706 bits per heavy atom. The number of carbonyl (C=O) groups is 12. The highest BCUT2D eigenvalue weighted by molar-refractivity contribution is 8.00. The number of halogens is 12. The molecule has 0 amide bonds. The van der Waals surface area contributed by atoms with E-state index in [-0.39, 0.29) is 70.3 Å². The van der Waals surface area contributed by atoms with Crippen molar-refractivity contribution in [2.24, 2.45) is 0 Å². The second-order valence-electron chi connectivity index (χ2n) is 23.8. The molecule has 6 aliphatic heterocycles. The summed E-state index contributed by atoms with van der Waals surface area (Å²) in [5, 5.41) is 0. The maximum Gasteiger partial charge on any atom is 0.422 e. The highest BCUT2D eigenvalue weighted by Crippen LogP contribution is 2.29. The molecule has 0 aliphatic carbocycles. The van der Waals surface area contributed by atoms with Crippen molar-refractivity contribution in [3.8, 4) is 0 Å². The van der Waals surface area contributed by atoms with Crippen LogP contribution in [0.2, 0.25) is 0 Å². The van der Waals surface area contributed by atoms with Gasteiger partial charge in [-0.2, -0.15) is 123 Å². The van der Waals surface area contributed by atoms with Gasteiger partial charge in [-0.25, -0.2) is 33.6 Å². The average Bonchev–Trinajstić information content (AvgIpc) is 0.886. The Hall–Kier alpha value is -6.90. The van der Waals surface area contributed by atoms with Crippen molar-refractivity contribution >= 4 is 142 Å². The summed E-state index contributed by atoms with van der Waals surface area (Å²) in [4.78, 5) is 134. The molecule has 0 aromatic heterocycles. The Morgan fingerprint density at radius 2 is 0.479 bits per heavy atom. The van der Waals surface area contributed by atoms with Gasteiger partial charge in [0.15, 0.2) is 6.61 Å². The van der Waals surface area contributed by atoms with E-state index in [0.29, 0.717) is 124 Å². The van der Waals surface area contributed by atoms with Crippen molar-refractivity contribution in [2.75, 3.05) is 148 Å². The van der Waals surface area contributed by atoms with E-state index in [1.54, 1.807) is 72.7 Å². The minimum absolute atomic E-state index is 0.0651. The number of esters is 12. The summed E-state index contributed by atoms with van der Waals surface area (Å²) in [5.74, 6) is -1.84. The molecule has 6 fully saturated rings. The third-order valence-corrected chi connectivity index (χ3v) is 19.5. The molecule has 0 aromatic carbocycles. The Balaban J connectivity index is 0.000000715. The van der Waals surface area contributed by atoms with Gasteiger partial charge in [0.25, 0.3) is 0 Å². The predicted molar refractivity (Wildman–Crippen MR) is 406 cm³/mol. The molecule has 48 heteroatoms. The van der Waals surface area contributed by atoms with Gasteiger partial charge < -0.3 is 85.3 Å². The quantitative estimate of drug-likeness (QED) is 0.0187. The summed E-state index contributed by atoms with van der Waals surface area (Å²) < 4.78 is 233. The Labute approximate surface area is 702 Å². The van der Waals surface area contributed by atoms with Crippen LogP contribution in [0.1, 0.15) is 84.5 Å². The molecule has 0 spiro atoms. The zero-order valence-electron chi connectivity index (χ0n) is 64.7. The molecule has 0 bridgehead atoms. The molecule has 0 radical (unpaired) electrons. The number of unbranched alkanes of at least 4 members (excludes halogenated alkanes) is 2. The zero-order chi connectivity index (χ0) is 89.6. The molecule has 0 N–H and O–H groups in total. The average molecular weight is 1850 g/mol. The number of hydrogen-bond acceptors (Lipinski definition) is 36. The summed E-state index contributed by atoms with van der Waals surface area (Å²) in [6.07, 6.45) is -20.2. The minimum Gasteiger partial charge on any atom is -0.462 e. The fourth-order valence-corrected chi connectivity index (χ4v) is 12.1. The number of alkyl halides is 12. The van der Waals surface area contributed by atoms with Crippen molar-refractivity contribution in [3.05, 3.63) is 72.9 Å². The lowest BCUT2D eigenvalue weighted by molar-refractivity contribution is -0.182. The maximum atomic E-state index is 12.1. The van der Waals surface area contributed by atoms with Gasteiger partial charge in [-0.3, -0.25) is 24.0 Å². The first-order valence-corrected chi connectivity index (χ1v) is 42.5. The molecule has 6 atom stereocenters. The number of rotatable bonds is 35. The lowest BCUT2D eigenvalue weighted by Crippen LogP contribution is -2.31. The van der Waals surface area contributed by atoms with E-state index in [4.69, 9.17) is 66.3 Å². The Kier molecular flexibility index (Phi) is 56.8. The van der Waals surface area contributed by atoms with E-state index in [9.17, 15) is 110 Å². The van der Waals surface area contributed by atoms with Gasteiger partial charge in [-0.15, -0.1) is 0 Å². The molecule has 6 unspecified atom stereocenters. The molecule has 6 aliphatic rings. The number of thioether (sulfide) groups is 6. The molecule has 119 heavy (non-hydrogen) atoms. The topological polar surface area (TPSA) is 371 Å². The van der Waals surface area contributed by atoms with Gasteiger partial charge in [-0.1, -0.05) is 39.5 Å². The lowest BCUT2D eigenvalue weighted by atomic mass is 10.2. The summed E-state index contributed by atoms with van der Waals surface area (Å²) in [6.45, 7) is 22.2. The van der Waals surface area contributed by atoms with Crippen molar-refractivity contribution in [2.45, 2.75) is 147 Å². The molecular weight excluding hydrogens is 1750 g/mol. The first-order valence-electron chi connectivity index (χ1n) is 35.6. The molecule has 0 aromatic rings. The molecule has 6 heterocycles. The molecule has 678 valence electrons. The zero-order valence-corrected chi connectivity index (χ0v) is 69.6. The van der Waals surface area contributed by atoms with E-state index in [1.807, 2.05) is 0 Å². The standard InChI is InChI=1S/C13H17F3O5S.C13H20O5S.C12H15F3O5S.C12H18O5S.C11H13F3O5S.C10H11F3O5S/c1-9(13(14,15)16)12(18)20-5-3-2-4-10(17)21-11-8-22-7-6-19-11;1-10(2)13(15)17-6-4-3-5-11(14)18-12-9-19-8-7-16-12;1-8(12(13,14)15)11(17)19-4-2-3-9(16)20-10-7-21-6-5-18-10;1-9(2)12(14)16-5-3-4-10(13)17-11-8-18-7-6-15-11;1-7(11(12,13)14)10(16)18-3-2-8(15)19-9-6-20-5-4-17-9;1-6(10(11,12)13)9(15)17-4-7(14)18-8-5-19-3-2-16-8/h11H,1-8H2;12H,1,3-9H2,2H3;10H,1-7H2;11H,1,3-8H2,2H3;9H,1-6H2;8H,1-5H2. The minimum atomic E-state index is -4.88. The second kappa shape index (κ2) is 61.4. The number of hydrogen-bond donors (Lipinski definition) is 0. The van der Waals surface area contributed by atoms with Crippen LogP contribution in [-0.2, 0) is 143 Å². The maximum absolute atomic E-state index is 12.1. The van der Waals surface area contributed by atoms with E-state index in [2.05, 4.69) is 58.4 Å². The number of ether oxygens (including phenoxy) is 18. The van der Waals surface area contributed by atoms with Crippen LogP contribution in [0.15, 0.2) is 72.9 Å². The van der Waals surface area contributed by atoms with Crippen LogP contribution in [0.5, 0.6) is 0 Å². The molecular formula is C71H94F12O30S6. The highest BCUT2D eigenvalue weighted by atomic mass is 32.2. The van der Waals surface area contributed by atoms with E-state index < -0.39 is 158 Å². The molecule has 30 nitrogen and oxygen atoms in total. The monoisotopic (exact) mass is 1850 g/mol. The fraction of sp³-hybridized carbons (Fsp3) is 0.662. The Morgan fingerprint density at radius 1 is 0.277 bits per heavy atom. The third-order valence-electron chi connectivity index (χ3n) is 13.7. The van der Waals surface area contributed by atoms with E-state index >= 15 is 0 Å². The van der Waals surface area contributed by atoms with Crippen LogP contribution in [0, 0.1) is 0 Å². The van der Waals surface area contributed by atoms with E-state index in [0.717, 1.165) is 34.5 Å². The van der Waals surface area contributed by atoms with Crippen LogP contribution in [-0.4, -0.2) is 282 Å². The van der Waals surface area contributed by atoms with Crippen LogP contribution in [0.3, 0.4) is 0 Å². The lowest BCUT2D eigenvalue weighted by Gasteiger charge is -2.22. The van der Waals surface area contributed by atoms with Gasteiger partial charge in [0, 0.05) is 71.3 Å². The van der Waals surface area contributed by atoms with Gasteiger partial charge >= 0.3 is 96.3 Å². The first kappa shape index (κ1) is 110. The predicted octanol–water partition coefficient (Wildman–Crippen LogP) is 10.9. The van der Waals surface area contributed by atoms with Gasteiger partial charge in [0.2, 0.25) is 37.7 Å². The summed E-state index contributed by atoms with van der Waals surface area (Å²) in [5.41, 5.74) is -5.67. The first-order chi connectivity index (χ1) is 55.9. The van der Waals surface area contributed by atoms with Crippen LogP contribution in [0.4, 0.5) is 52.7 Å². The SMILES string of the molecule is C=C(C(=O)OCC(=O)OC1CSCCO1)C(F)(F)F.C=C(C(=O)OCCC(=O)OC1CSCCO1)C(F)(F)F.C=C(C(=O)OCCCC(=O)OC1CSCCO1)C(F)(F)F.C=C(C(=O)OCCCCC(=O)OC1CSCCO1)C(F)(F)F.C=C(C)C(=O)OCCCC(=O)OC1CSCCO1.C=C(C)C(=O)OCCCCC(=O)OC1CSCCO1. The van der Waals surface area contributed by atoms with Crippen molar-refractivity contribution in [1.82, 2.24) is 0 Å². The molecule has 0 saturated carbocycles. The Bertz CT molecular complexity index is 3250. The normalized spacial score (nSPS) is 19.0. The van der Waals surface area contributed by atoms with Gasteiger partial charge in [0.1, 0.15) is 28.9 Å². The van der Waals surface area contributed by atoms with Gasteiger partial charge in [0.05, 0.1) is 107 Å². The van der Waals surface area contributed by atoms with Crippen LogP contribution in [0.25, 0.3) is 0 Å². The number of carbonyl (C=O) groups excluding carboxylic acids is 12. The summed E-state index contributed by atoms with van der Waals surface area (Å²) in [6, 6.07) is 0. The highest BCUT2D eigenvalue weighted by Gasteiger charge is 2.41.